The summed E-state index contributed by atoms with van der Waals surface area (Å²) >= 11 is 14.1. The number of nitrogens with zero attached hydrogens (tertiary/aromatic N) is 2. The third-order valence-corrected chi connectivity index (χ3v) is 8.32. The summed E-state index contributed by atoms with van der Waals surface area (Å²) in [6.07, 6.45) is 1.78. The number of aromatic nitrogens is 1. The summed E-state index contributed by atoms with van der Waals surface area (Å²) in [5.41, 5.74) is 2.67. The van der Waals surface area contributed by atoms with Crippen molar-refractivity contribution in [2.24, 2.45) is 4.99 Å². The monoisotopic (exact) mass is 622 g/mol. The largest absolute Gasteiger partial charge is 0.490 e. The van der Waals surface area contributed by atoms with Gasteiger partial charge in [0.25, 0.3) is 5.56 Å². The molecule has 0 N–H and O–H groups in total. The normalized spacial score (nSPS) is 14.8. The van der Waals surface area contributed by atoms with Crippen LogP contribution in [0.5, 0.6) is 11.5 Å². The lowest BCUT2D eigenvalue weighted by Crippen LogP contribution is -2.40. The first-order chi connectivity index (χ1) is 20.3. The number of carbonyl (C=O) groups excluding carboxylic acids is 1. The minimum atomic E-state index is -0.782. The average Bonchev–Trinajstić information content (AvgIpc) is 3.27. The maximum Gasteiger partial charge on any atom is 0.338 e. The number of fused-ring (bicyclic) bond motifs is 1. The summed E-state index contributed by atoms with van der Waals surface area (Å²) < 4.78 is 19.2. The van der Waals surface area contributed by atoms with Crippen molar-refractivity contribution < 1.29 is 19.0 Å². The zero-order chi connectivity index (χ0) is 29.8. The molecule has 1 atom stereocenters. The maximum atomic E-state index is 13.9. The molecule has 0 fully saturated rings. The average molecular weight is 624 g/mol. The van der Waals surface area contributed by atoms with Crippen LogP contribution in [0.2, 0.25) is 10.0 Å². The number of hydrogen-bond donors (Lipinski definition) is 0. The number of carbonyl (C=O) groups is 1. The standard InChI is InChI=1S/C32H28Cl2N2O5S/c1-4-39-26-16-20(14-15-25(26)41-18-21-10-6-8-12-23(21)33)17-27-30(37)36-29(22-11-7-9-13-24(22)34)28(31(38)40-5-2)19(3)35-32(36)42-27/h6-17,29H,4-5,18H2,1-3H3/b27-17-. The lowest BCUT2D eigenvalue weighted by atomic mass is 9.96. The SMILES string of the molecule is CCOC(=O)C1=C(C)N=c2s/c(=C\c3ccc(OCc4ccccc4Cl)c(OCC)c3)c(=O)n2C1c1ccccc1Cl. The molecule has 1 unspecified atom stereocenters. The zero-order valence-electron chi connectivity index (χ0n) is 23.2. The number of halogens is 2. The fourth-order valence-corrected chi connectivity index (χ4v) is 6.18. The van der Waals surface area contributed by atoms with E-state index in [1.807, 2.05) is 49.4 Å². The van der Waals surface area contributed by atoms with E-state index < -0.39 is 12.0 Å². The van der Waals surface area contributed by atoms with Crippen molar-refractivity contribution in [1.82, 2.24) is 4.57 Å². The van der Waals surface area contributed by atoms with Gasteiger partial charge in [0.05, 0.1) is 29.0 Å². The molecule has 216 valence electrons. The highest BCUT2D eigenvalue weighted by atomic mass is 35.5. The second kappa shape index (κ2) is 13.0. The topological polar surface area (TPSA) is 79.1 Å². The minimum absolute atomic E-state index is 0.190. The Kier molecular flexibility index (Phi) is 9.16. The molecule has 5 rings (SSSR count). The van der Waals surface area contributed by atoms with Gasteiger partial charge in [0.1, 0.15) is 12.6 Å². The smallest absolute Gasteiger partial charge is 0.338 e. The highest BCUT2D eigenvalue weighted by Gasteiger charge is 2.34. The Bertz CT molecular complexity index is 1860. The van der Waals surface area contributed by atoms with Gasteiger partial charge in [-0.25, -0.2) is 9.79 Å². The van der Waals surface area contributed by atoms with Gasteiger partial charge in [-0.3, -0.25) is 9.36 Å². The number of allylic oxidation sites excluding steroid dienone is 1. The predicted octanol–water partition coefficient (Wildman–Crippen LogP) is 6.08. The molecule has 0 amide bonds. The molecule has 42 heavy (non-hydrogen) atoms. The number of ether oxygens (including phenoxy) is 3. The molecule has 1 aliphatic rings. The van der Waals surface area contributed by atoms with Gasteiger partial charge in [-0.1, -0.05) is 77.0 Å². The first kappa shape index (κ1) is 29.6. The third kappa shape index (κ3) is 6.02. The van der Waals surface area contributed by atoms with E-state index in [1.165, 1.54) is 15.9 Å². The second-order valence-corrected chi connectivity index (χ2v) is 11.2. The molecule has 1 aliphatic heterocycles. The summed E-state index contributed by atoms with van der Waals surface area (Å²) in [5, 5.41) is 1.06. The molecule has 7 nitrogen and oxygen atoms in total. The van der Waals surface area contributed by atoms with E-state index in [1.54, 1.807) is 44.2 Å². The van der Waals surface area contributed by atoms with E-state index in [-0.39, 0.29) is 24.3 Å². The van der Waals surface area contributed by atoms with Crippen molar-refractivity contribution in [2.45, 2.75) is 33.4 Å². The lowest BCUT2D eigenvalue weighted by Gasteiger charge is -2.25. The Morgan fingerprint density at radius 2 is 1.71 bits per heavy atom. The van der Waals surface area contributed by atoms with E-state index in [0.29, 0.717) is 48.7 Å². The van der Waals surface area contributed by atoms with Crippen molar-refractivity contribution in [3.05, 3.63) is 124 Å². The molecule has 0 saturated heterocycles. The summed E-state index contributed by atoms with van der Waals surface area (Å²) in [6, 6.07) is 19.3. The highest BCUT2D eigenvalue weighted by Crippen LogP contribution is 2.35. The molecule has 4 aromatic rings. The van der Waals surface area contributed by atoms with E-state index in [0.717, 1.165) is 11.1 Å². The molecule has 0 saturated carbocycles. The molecular formula is C32H28Cl2N2O5S. The molecule has 0 spiro atoms. The summed E-state index contributed by atoms with van der Waals surface area (Å²) in [6.45, 7) is 6.26. The van der Waals surface area contributed by atoms with Crippen LogP contribution in [0.25, 0.3) is 6.08 Å². The van der Waals surface area contributed by atoms with Crippen LogP contribution >= 0.6 is 34.5 Å². The quantitative estimate of drug-likeness (QED) is 0.211. The summed E-state index contributed by atoms with van der Waals surface area (Å²) in [5.74, 6) is 0.566. The van der Waals surface area contributed by atoms with Crippen LogP contribution in [0.1, 0.15) is 43.5 Å². The zero-order valence-corrected chi connectivity index (χ0v) is 25.6. The van der Waals surface area contributed by atoms with Gasteiger partial charge in [0.15, 0.2) is 16.3 Å². The van der Waals surface area contributed by atoms with Gasteiger partial charge < -0.3 is 14.2 Å². The first-order valence-corrected chi connectivity index (χ1v) is 15.0. The van der Waals surface area contributed by atoms with E-state index in [2.05, 4.69) is 4.99 Å². The summed E-state index contributed by atoms with van der Waals surface area (Å²) in [7, 11) is 0. The lowest BCUT2D eigenvalue weighted by molar-refractivity contribution is -0.139. The van der Waals surface area contributed by atoms with Crippen molar-refractivity contribution >= 4 is 46.6 Å². The predicted molar refractivity (Wildman–Crippen MR) is 165 cm³/mol. The van der Waals surface area contributed by atoms with Gasteiger partial charge in [-0.2, -0.15) is 0 Å². The van der Waals surface area contributed by atoms with Crippen LogP contribution in [-0.2, 0) is 16.1 Å². The van der Waals surface area contributed by atoms with Crippen molar-refractivity contribution in [1.29, 1.82) is 0 Å². The van der Waals surface area contributed by atoms with E-state index in [9.17, 15) is 9.59 Å². The Hall–Kier alpha value is -3.85. The minimum Gasteiger partial charge on any atom is -0.490 e. The number of esters is 1. The number of hydrogen-bond acceptors (Lipinski definition) is 7. The van der Waals surface area contributed by atoms with Crippen LogP contribution in [0.15, 0.2) is 87.8 Å². The second-order valence-electron chi connectivity index (χ2n) is 9.34. The van der Waals surface area contributed by atoms with Gasteiger partial charge in [-0.05, 0) is 62.2 Å². The molecule has 2 heterocycles. The first-order valence-electron chi connectivity index (χ1n) is 13.4. The van der Waals surface area contributed by atoms with Crippen molar-refractivity contribution in [3.8, 4) is 11.5 Å². The Balaban J connectivity index is 1.57. The van der Waals surface area contributed by atoms with Crippen LogP contribution in [0.4, 0.5) is 0 Å². The Morgan fingerprint density at radius 1 is 0.976 bits per heavy atom. The van der Waals surface area contributed by atoms with Crippen LogP contribution < -0.4 is 24.4 Å². The van der Waals surface area contributed by atoms with Crippen molar-refractivity contribution in [2.75, 3.05) is 13.2 Å². The molecule has 3 aromatic carbocycles. The van der Waals surface area contributed by atoms with Gasteiger partial charge in [0.2, 0.25) is 0 Å². The molecule has 0 aliphatic carbocycles. The Labute approximate surface area is 256 Å². The van der Waals surface area contributed by atoms with Crippen LogP contribution in [-0.4, -0.2) is 23.8 Å². The van der Waals surface area contributed by atoms with Crippen LogP contribution in [0.3, 0.4) is 0 Å². The molecular weight excluding hydrogens is 595 g/mol. The van der Waals surface area contributed by atoms with Gasteiger partial charge in [0, 0.05) is 15.6 Å². The fraction of sp³-hybridized carbons (Fsp3) is 0.219. The van der Waals surface area contributed by atoms with Gasteiger partial charge in [-0.15, -0.1) is 0 Å². The van der Waals surface area contributed by atoms with Crippen LogP contribution in [0, 0.1) is 0 Å². The number of rotatable bonds is 9. The molecule has 0 radical (unpaired) electrons. The number of thiazole rings is 1. The number of benzene rings is 3. The van der Waals surface area contributed by atoms with Crippen molar-refractivity contribution in [3.63, 3.8) is 0 Å². The third-order valence-electron chi connectivity index (χ3n) is 6.62. The summed E-state index contributed by atoms with van der Waals surface area (Å²) in [4.78, 5) is 32.1. The Morgan fingerprint density at radius 3 is 2.43 bits per heavy atom. The fourth-order valence-electron chi connectivity index (χ4n) is 4.71. The maximum absolute atomic E-state index is 13.9. The molecule has 1 aromatic heterocycles. The van der Waals surface area contributed by atoms with E-state index >= 15 is 0 Å². The molecule has 0 bridgehead atoms. The van der Waals surface area contributed by atoms with Gasteiger partial charge >= 0.3 is 5.97 Å². The highest BCUT2D eigenvalue weighted by molar-refractivity contribution is 7.07. The van der Waals surface area contributed by atoms with E-state index in [4.69, 9.17) is 37.4 Å². The molecule has 10 heteroatoms.